The van der Waals surface area contributed by atoms with Crippen LogP contribution in [0.4, 0.5) is 9.59 Å². The Balaban J connectivity index is 0.000000405. The average molecular weight is 394 g/mol. The molecular formula is C16H22N6O6. The lowest BCUT2D eigenvalue weighted by Crippen LogP contribution is -2.15. The van der Waals surface area contributed by atoms with Crippen LogP contribution in [0.15, 0.2) is 56.2 Å². The summed E-state index contributed by atoms with van der Waals surface area (Å²) in [5, 5.41) is 7.00. The van der Waals surface area contributed by atoms with Crippen molar-refractivity contribution in [3.8, 4) is 0 Å². The summed E-state index contributed by atoms with van der Waals surface area (Å²) < 4.78 is 12.5. The van der Waals surface area contributed by atoms with Crippen molar-refractivity contribution in [1.29, 1.82) is 0 Å². The van der Waals surface area contributed by atoms with Crippen molar-refractivity contribution in [2.24, 2.45) is 0 Å². The molecule has 0 aromatic carbocycles. The first-order chi connectivity index (χ1) is 13.5. The van der Waals surface area contributed by atoms with Gasteiger partial charge in [0.25, 0.3) is 0 Å². The van der Waals surface area contributed by atoms with Gasteiger partial charge in [-0.1, -0.05) is 0 Å². The van der Waals surface area contributed by atoms with Crippen LogP contribution in [0.1, 0.15) is 6.92 Å². The number of methoxy groups -OCH3 is 2. The zero-order valence-corrected chi connectivity index (χ0v) is 15.9. The van der Waals surface area contributed by atoms with Crippen molar-refractivity contribution in [2.45, 2.75) is 6.92 Å². The molecule has 0 fully saturated rings. The second-order valence-electron chi connectivity index (χ2n) is 4.36. The fraction of sp³-hybridized carbons (Fsp3) is 0.250. The summed E-state index contributed by atoms with van der Waals surface area (Å²) in [4.78, 5) is 42.8. The normalized spacial score (nSPS) is 8.61. The maximum atomic E-state index is 11.4. The first-order valence-electron chi connectivity index (χ1n) is 7.55. The molecule has 28 heavy (non-hydrogen) atoms. The zero-order valence-electron chi connectivity index (χ0n) is 15.9. The van der Waals surface area contributed by atoms with Crippen molar-refractivity contribution >= 4 is 18.1 Å². The van der Waals surface area contributed by atoms with E-state index in [0.717, 1.165) is 7.11 Å². The van der Waals surface area contributed by atoms with Gasteiger partial charge in [0.2, 0.25) is 0 Å². The summed E-state index contributed by atoms with van der Waals surface area (Å²) in [6.45, 7) is 1.36. The summed E-state index contributed by atoms with van der Waals surface area (Å²) in [5.41, 5.74) is 0. The Morgan fingerprint density at radius 3 is 1.36 bits per heavy atom. The second kappa shape index (κ2) is 14.4. The highest BCUT2D eigenvalue weighted by Crippen LogP contribution is 1.92. The second-order valence-corrected chi connectivity index (χ2v) is 4.36. The van der Waals surface area contributed by atoms with Gasteiger partial charge >= 0.3 is 18.1 Å². The number of nitrogens with zero attached hydrogens (tertiary/aromatic N) is 6. The van der Waals surface area contributed by atoms with Gasteiger partial charge in [-0.25, -0.2) is 29.1 Å². The topological polar surface area (TPSA) is 143 Å². The molecular weight excluding hydrogens is 372 g/mol. The lowest BCUT2D eigenvalue weighted by molar-refractivity contribution is -0.137. The molecule has 12 nitrogen and oxygen atoms in total. The SMILES string of the molecule is CO.COC(=O)n1ccnc1.COC(C)=O.O=C(n1ccnc1)n1ccnc1. The fourth-order valence-electron chi connectivity index (χ4n) is 1.35. The predicted octanol–water partition coefficient (Wildman–Crippen LogP) is 0.881. The number of esters is 1. The molecule has 0 aliphatic carbocycles. The summed E-state index contributed by atoms with van der Waals surface area (Å²) in [7, 11) is 3.67. The smallest absolute Gasteiger partial charge is 0.418 e. The van der Waals surface area contributed by atoms with Crippen LogP contribution in [-0.4, -0.2) is 73.2 Å². The highest BCUT2D eigenvalue weighted by Gasteiger charge is 2.03. The molecule has 0 unspecified atom stereocenters. The summed E-state index contributed by atoms with van der Waals surface area (Å²) in [5.74, 6) is -0.245. The van der Waals surface area contributed by atoms with Gasteiger partial charge in [0, 0.05) is 51.2 Å². The summed E-state index contributed by atoms with van der Waals surface area (Å²) in [6, 6.07) is -0.190. The lowest BCUT2D eigenvalue weighted by atomic mass is 10.8. The number of aliphatic hydroxyl groups excluding tert-OH is 1. The highest BCUT2D eigenvalue weighted by atomic mass is 16.5. The molecule has 3 heterocycles. The van der Waals surface area contributed by atoms with Gasteiger partial charge in [-0.05, 0) is 0 Å². The fourth-order valence-corrected chi connectivity index (χ4v) is 1.35. The van der Waals surface area contributed by atoms with Crippen LogP contribution < -0.4 is 0 Å². The van der Waals surface area contributed by atoms with E-state index < -0.39 is 6.09 Å². The molecule has 0 atom stereocenters. The third kappa shape index (κ3) is 9.05. The van der Waals surface area contributed by atoms with Crippen LogP contribution in [0.3, 0.4) is 0 Å². The van der Waals surface area contributed by atoms with E-state index in [9.17, 15) is 14.4 Å². The molecule has 12 heteroatoms. The minimum absolute atomic E-state index is 0.190. The van der Waals surface area contributed by atoms with Crippen LogP contribution in [0.2, 0.25) is 0 Å². The number of carbonyl (C=O) groups is 3. The van der Waals surface area contributed by atoms with Crippen molar-refractivity contribution in [2.75, 3.05) is 21.3 Å². The van der Waals surface area contributed by atoms with Gasteiger partial charge in [-0.15, -0.1) is 0 Å². The Labute approximate surface area is 161 Å². The van der Waals surface area contributed by atoms with Crippen molar-refractivity contribution in [3.05, 3.63) is 56.2 Å². The minimum atomic E-state index is -0.424. The summed E-state index contributed by atoms with van der Waals surface area (Å²) in [6.07, 6.45) is 13.2. The zero-order chi connectivity index (χ0) is 21.4. The number of carbonyl (C=O) groups excluding carboxylic acids is 3. The lowest BCUT2D eigenvalue weighted by Gasteiger charge is -1.98. The minimum Gasteiger partial charge on any atom is -0.469 e. The van der Waals surface area contributed by atoms with Gasteiger partial charge in [0.05, 0.1) is 14.2 Å². The molecule has 0 bridgehead atoms. The highest BCUT2D eigenvalue weighted by molar-refractivity contribution is 5.78. The van der Waals surface area contributed by atoms with Crippen LogP contribution in [-0.2, 0) is 14.3 Å². The number of hydrogen-bond donors (Lipinski definition) is 1. The summed E-state index contributed by atoms with van der Waals surface area (Å²) >= 11 is 0. The molecule has 0 amide bonds. The Kier molecular flexibility index (Phi) is 12.4. The quantitative estimate of drug-likeness (QED) is 0.549. The standard InChI is InChI=1S/C7H6N4O.C5H6N2O2.C3H6O2.CH4O/c12-7(10-3-1-8-5-10)11-4-2-9-6-11;1-9-5(8)7-3-2-6-4-7;1-3(4)5-2;1-2/h1-6H;2-4H,1H3;1-2H3;2H,1H3. The van der Waals surface area contributed by atoms with E-state index in [0.29, 0.717) is 0 Å². The largest absolute Gasteiger partial charge is 0.469 e. The van der Waals surface area contributed by atoms with Crippen LogP contribution in [0, 0.1) is 0 Å². The molecule has 0 spiro atoms. The Morgan fingerprint density at radius 2 is 1.11 bits per heavy atom. The number of rotatable bonds is 0. The van der Waals surface area contributed by atoms with Crippen molar-refractivity contribution in [1.82, 2.24) is 28.7 Å². The number of hydrogen-bond acceptors (Lipinski definition) is 9. The third-order valence-electron chi connectivity index (χ3n) is 2.63. The Morgan fingerprint density at radius 1 is 0.750 bits per heavy atom. The predicted molar refractivity (Wildman–Crippen MR) is 96.5 cm³/mol. The van der Waals surface area contributed by atoms with Crippen LogP contribution in [0.25, 0.3) is 0 Å². The van der Waals surface area contributed by atoms with Gasteiger partial charge < -0.3 is 14.6 Å². The Hall–Kier alpha value is -3.80. The maximum Gasteiger partial charge on any atom is 0.418 e. The van der Waals surface area contributed by atoms with Gasteiger partial charge in [0.15, 0.2) is 0 Å². The van der Waals surface area contributed by atoms with E-state index >= 15 is 0 Å². The number of imidazole rings is 3. The van der Waals surface area contributed by atoms with Crippen LogP contribution in [0.5, 0.6) is 0 Å². The molecule has 152 valence electrons. The molecule has 1 N–H and O–H groups in total. The van der Waals surface area contributed by atoms with Gasteiger partial charge in [0.1, 0.15) is 19.0 Å². The molecule has 0 aliphatic rings. The number of aromatic nitrogens is 6. The van der Waals surface area contributed by atoms with Crippen LogP contribution >= 0.6 is 0 Å². The van der Waals surface area contributed by atoms with Crippen molar-refractivity contribution < 1.29 is 29.0 Å². The van der Waals surface area contributed by atoms with E-state index in [-0.39, 0.29) is 12.0 Å². The Bertz CT molecular complexity index is 748. The van der Waals surface area contributed by atoms with Crippen molar-refractivity contribution in [3.63, 3.8) is 0 Å². The van der Waals surface area contributed by atoms with E-state index in [2.05, 4.69) is 24.4 Å². The average Bonchev–Trinajstić information content (AvgIpc) is 3.51. The van der Waals surface area contributed by atoms with E-state index in [1.165, 1.54) is 66.2 Å². The molecule has 0 radical (unpaired) electrons. The monoisotopic (exact) mass is 394 g/mol. The first kappa shape index (κ1) is 24.2. The van der Waals surface area contributed by atoms with Gasteiger partial charge in [-0.2, -0.15) is 0 Å². The molecule has 0 aliphatic heterocycles. The van der Waals surface area contributed by atoms with E-state index in [4.69, 9.17) is 5.11 Å². The van der Waals surface area contributed by atoms with E-state index in [1.807, 2.05) is 0 Å². The number of aliphatic hydroxyl groups is 1. The first-order valence-corrected chi connectivity index (χ1v) is 7.55. The molecule has 0 saturated carbocycles. The third-order valence-corrected chi connectivity index (χ3v) is 2.63. The molecule has 3 aromatic rings. The van der Waals surface area contributed by atoms with E-state index in [1.54, 1.807) is 24.8 Å². The van der Waals surface area contributed by atoms with Gasteiger partial charge in [-0.3, -0.25) is 13.9 Å². The molecule has 3 aromatic heterocycles. The maximum absolute atomic E-state index is 11.4. The molecule has 3 rings (SSSR count). The molecule has 0 saturated heterocycles. The number of ether oxygens (including phenoxy) is 2.